The molecule has 0 bridgehead atoms. The van der Waals surface area contributed by atoms with E-state index in [4.69, 9.17) is 4.98 Å². The van der Waals surface area contributed by atoms with Crippen molar-refractivity contribution in [1.29, 1.82) is 0 Å². The van der Waals surface area contributed by atoms with E-state index in [1.807, 2.05) is 45.2 Å². The van der Waals surface area contributed by atoms with Crippen molar-refractivity contribution >= 4 is 61.3 Å². The molecule has 0 fully saturated rings. The van der Waals surface area contributed by atoms with Crippen LogP contribution in [0.1, 0.15) is 90.8 Å². The second-order valence-corrected chi connectivity index (χ2v) is 21.5. The number of benzene rings is 3. The van der Waals surface area contributed by atoms with Crippen LogP contribution >= 0.6 is 11.3 Å². The molecule has 3 aromatic carbocycles. The second-order valence-electron chi connectivity index (χ2n) is 15.4. The second kappa shape index (κ2) is 16.6. The number of carbonyl (C=O) groups is 1. The number of rotatable bonds is 9. The molecule has 6 heteroatoms. The number of aliphatic hydroxyl groups excluding tert-OH is 1. The van der Waals surface area contributed by atoms with Crippen LogP contribution in [0.3, 0.4) is 0 Å². The van der Waals surface area contributed by atoms with Crippen LogP contribution in [0.4, 0.5) is 0 Å². The van der Waals surface area contributed by atoms with Crippen LogP contribution in [-0.2, 0) is 30.3 Å². The number of thiophene rings is 1. The molecule has 5 aromatic rings. The summed E-state index contributed by atoms with van der Waals surface area (Å²) in [6, 6.07) is 19.6. The van der Waals surface area contributed by atoms with Gasteiger partial charge in [0.2, 0.25) is 0 Å². The van der Waals surface area contributed by atoms with E-state index in [2.05, 4.69) is 103 Å². The summed E-state index contributed by atoms with van der Waals surface area (Å²) < 4.78 is 2.68. The van der Waals surface area contributed by atoms with E-state index in [1.165, 1.54) is 53.7 Å². The summed E-state index contributed by atoms with van der Waals surface area (Å²) in [5, 5.41) is 16.4. The zero-order chi connectivity index (χ0) is 35.6. The van der Waals surface area contributed by atoms with Crippen molar-refractivity contribution < 1.29 is 30.0 Å². The van der Waals surface area contributed by atoms with Crippen LogP contribution in [0.2, 0.25) is 19.6 Å². The Kier molecular flexibility index (Phi) is 13.8. The van der Waals surface area contributed by atoms with Crippen molar-refractivity contribution in [2.45, 2.75) is 113 Å². The molecular weight excluding hydrogens is 815 g/mol. The Hall–Kier alpha value is -2.63. The molecule has 0 spiro atoms. The van der Waals surface area contributed by atoms with Gasteiger partial charge in [0.05, 0.1) is 13.8 Å². The number of aryl methyl sites for hydroxylation is 2. The summed E-state index contributed by atoms with van der Waals surface area (Å²) in [5.41, 5.74) is 6.27. The number of pyridine rings is 1. The molecular formula is C43H56IrNO2SSi-. The van der Waals surface area contributed by atoms with E-state index < -0.39 is 8.07 Å². The van der Waals surface area contributed by atoms with Crippen LogP contribution < -0.4 is 5.19 Å². The summed E-state index contributed by atoms with van der Waals surface area (Å²) in [4.78, 5) is 16.6. The van der Waals surface area contributed by atoms with E-state index in [9.17, 15) is 9.90 Å². The maximum Gasteiger partial charge on any atom is 0.162 e. The smallest absolute Gasteiger partial charge is 0.162 e. The fourth-order valence-electron chi connectivity index (χ4n) is 6.83. The van der Waals surface area contributed by atoms with Crippen molar-refractivity contribution in [3.05, 3.63) is 83.3 Å². The van der Waals surface area contributed by atoms with Crippen molar-refractivity contribution in [2.75, 3.05) is 0 Å². The Morgan fingerprint density at radius 2 is 1.49 bits per heavy atom. The number of carbonyl (C=O) groups excluding carboxylic acids is 1. The third-order valence-corrected chi connectivity index (χ3v) is 13.3. The van der Waals surface area contributed by atoms with E-state index in [0.717, 1.165) is 36.9 Å². The number of fused-ring (bicyclic) bond motifs is 4. The van der Waals surface area contributed by atoms with E-state index in [1.54, 1.807) is 5.19 Å². The molecule has 0 unspecified atom stereocenters. The van der Waals surface area contributed by atoms with Gasteiger partial charge in [-0.25, -0.2) is 0 Å². The normalized spacial score (nSPS) is 12.5. The third-order valence-electron chi connectivity index (χ3n) is 9.78. The standard InChI is InChI=1S/C30H32NSSi.C13H24O2.Ir/c1-18-9-10-20-16-21(17-25(24(20)15-18)30(3,4)5)27-29-23(13-14-31-27)22-11-12-26(33(6,7)8)19(2)28(22)32-29;1-5-10(6-2)12(14)9-13(15)11(7-3)8-4;/h9-15,17H,1-8H3;9-11,14H,5-8H2,1-4H3;/q-1;;/b;12-9-;. The van der Waals surface area contributed by atoms with Crippen LogP contribution in [0.25, 0.3) is 42.2 Å². The minimum absolute atomic E-state index is 0. The molecule has 1 N–H and O–H groups in total. The van der Waals surface area contributed by atoms with E-state index in [-0.39, 0.29) is 48.9 Å². The molecule has 0 atom stereocenters. The average molecular weight is 871 g/mol. The minimum atomic E-state index is -1.40. The molecule has 49 heavy (non-hydrogen) atoms. The first-order valence-electron chi connectivity index (χ1n) is 17.8. The van der Waals surface area contributed by atoms with Gasteiger partial charge in [-0.05, 0) is 62.0 Å². The Bertz CT molecular complexity index is 1950. The van der Waals surface area contributed by atoms with Gasteiger partial charge in [0.15, 0.2) is 5.78 Å². The van der Waals surface area contributed by atoms with Gasteiger partial charge in [-0.2, -0.15) is 0 Å². The number of ketones is 1. The van der Waals surface area contributed by atoms with Gasteiger partial charge in [0, 0.05) is 64.7 Å². The molecule has 0 amide bonds. The average Bonchev–Trinajstić information content (AvgIpc) is 3.41. The first kappa shape index (κ1) is 40.8. The zero-order valence-electron chi connectivity index (χ0n) is 31.7. The number of nitrogens with zero attached hydrogens (tertiary/aromatic N) is 1. The molecule has 5 rings (SSSR count). The Balaban J connectivity index is 0.000000347. The van der Waals surface area contributed by atoms with Gasteiger partial charge in [0.1, 0.15) is 0 Å². The van der Waals surface area contributed by atoms with Crippen LogP contribution in [-0.4, -0.2) is 23.9 Å². The van der Waals surface area contributed by atoms with E-state index in [0.29, 0.717) is 0 Å². The van der Waals surface area contributed by atoms with Gasteiger partial charge in [-0.15, -0.1) is 40.5 Å². The summed E-state index contributed by atoms with van der Waals surface area (Å²) in [7, 11) is -1.40. The fourth-order valence-corrected chi connectivity index (χ4v) is 10.1. The molecule has 0 aliphatic carbocycles. The fraction of sp³-hybridized carbons (Fsp3) is 0.442. The molecule has 0 aliphatic rings. The quantitative estimate of drug-likeness (QED) is 0.0695. The van der Waals surface area contributed by atoms with Gasteiger partial charge in [-0.1, -0.05) is 114 Å². The molecule has 1 radical (unpaired) electrons. The molecule has 0 saturated carbocycles. The van der Waals surface area contributed by atoms with Crippen molar-refractivity contribution in [2.24, 2.45) is 11.8 Å². The molecule has 265 valence electrons. The summed E-state index contributed by atoms with van der Waals surface area (Å²) >= 11 is 1.90. The number of hydrogen-bond donors (Lipinski definition) is 1. The first-order chi connectivity index (χ1) is 22.5. The van der Waals surface area contributed by atoms with Gasteiger partial charge in [0.25, 0.3) is 0 Å². The molecule has 0 aliphatic heterocycles. The summed E-state index contributed by atoms with van der Waals surface area (Å²) in [5.74, 6) is 0.547. The third kappa shape index (κ3) is 9.00. The SMILES string of the molecule is CCC(CC)C(=O)/C=C(\O)C(CC)CC.Cc1ccc2[c-]c(-c3nccc4c3sc3c(C)c([Si](C)(C)C)ccc34)cc(C(C)(C)C)c2c1.[Ir]. The Morgan fingerprint density at radius 1 is 0.878 bits per heavy atom. The number of hydrogen-bond acceptors (Lipinski definition) is 4. The molecule has 2 heterocycles. The number of aromatic nitrogens is 1. The monoisotopic (exact) mass is 871 g/mol. The minimum Gasteiger partial charge on any atom is -0.512 e. The zero-order valence-corrected chi connectivity index (χ0v) is 35.9. The predicted molar refractivity (Wildman–Crippen MR) is 214 cm³/mol. The van der Waals surface area contributed by atoms with Crippen LogP contribution in [0, 0.1) is 31.7 Å². The van der Waals surface area contributed by atoms with E-state index >= 15 is 0 Å². The van der Waals surface area contributed by atoms with Gasteiger partial charge >= 0.3 is 0 Å². The summed E-state index contributed by atoms with van der Waals surface area (Å²) in [6.45, 7) is 26.7. The van der Waals surface area contributed by atoms with Gasteiger partial charge < -0.3 is 5.11 Å². The van der Waals surface area contributed by atoms with Crippen molar-refractivity contribution in [3.63, 3.8) is 0 Å². The Morgan fingerprint density at radius 3 is 2.06 bits per heavy atom. The molecule has 3 nitrogen and oxygen atoms in total. The molecule has 0 saturated heterocycles. The van der Waals surface area contributed by atoms with Crippen molar-refractivity contribution in [1.82, 2.24) is 4.98 Å². The van der Waals surface area contributed by atoms with Crippen molar-refractivity contribution in [3.8, 4) is 11.3 Å². The topological polar surface area (TPSA) is 50.2 Å². The maximum absolute atomic E-state index is 11.7. The van der Waals surface area contributed by atoms with Crippen LogP contribution in [0.5, 0.6) is 0 Å². The Labute approximate surface area is 314 Å². The largest absolute Gasteiger partial charge is 0.512 e. The van der Waals surface area contributed by atoms with Gasteiger partial charge in [-0.3, -0.25) is 9.78 Å². The maximum atomic E-state index is 11.7. The summed E-state index contributed by atoms with van der Waals surface area (Å²) in [6.07, 6.45) is 6.87. The predicted octanol–water partition coefficient (Wildman–Crippen LogP) is 12.4. The number of aliphatic hydroxyl groups is 1. The molecule has 2 aromatic heterocycles. The first-order valence-corrected chi connectivity index (χ1v) is 22.1. The number of allylic oxidation sites excluding steroid dienone is 2. The van der Waals surface area contributed by atoms with Crippen LogP contribution in [0.15, 0.2) is 60.5 Å².